The first-order chi connectivity index (χ1) is 9.83. The molecule has 1 saturated carbocycles. The Kier molecular flexibility index (Phi) is 6.48. The Morgan fingerprint density at radius 1 is 1.15 bits per heavy atom. The molecule has 1 aliphatic carbocycles. The molecule has 0 saturated heterocycles. The van der Waals surface area contributed by atoms with Crippen molar-refractivity contribution >= 4 is 0 Å². The van der Waals surface area contributed by atoms with Crippen molar-refractivity contribution in [2.75, 3.05) is 13.1 Å². The van der Waals surface area contributed by atoms with Crippen molar-refractivity contribution in [1.82, 2.24) is 15.2 Å². The highest BCUT2D eigenvalue weighted by atomic mass is 15.1. The van der Waals surface area contributed by atoms with Gasteiger partial charge in [-0.1, -0.05) is 13.8 Å². The van der Waals surface area contributed by atoms with E-state index in [4.69, 9.17) is 0 Å². The molecule has 1 heterocycles. The van der Waals surface area contributed by atoms with E-state index >= 15 is 0 Å². The summed E-state index contributed by atoms with van der Waals surface area (Å²) in [4.78, 5) is 6.73. The van der Waals surface area contributed by atoms with Crippen LogP contribution in [0.25, 0.3) is 0 Å². The van der Waals surface area contributed by atoms with Crippen LogP contribution in [0.3, 0.4) is 0 Å². The van der Waals surface area contributed by atoms with Gasteiger partial charge in [0.25, 0.3) is 0 Å². The molecule has 3 heteroatoms. The largest absolute Gasteiger partial charge is 0.314 e. The molecular formula is C17H29N3. The number of aromatic nitrogens is 1. The Morgan fingerprint density at radius 2 is 1.85 bits per heavy atom. The molecule has 1 aromatic heterocycles. The zero-order chi connectivity index (χ0) is 14.2. The van der Waals surface area contributed by atoms with E-state index < -0.39 is 0 Å². The molecule has 0 aromatic carbocycles. The van der Waals surface area contributed by atoms with Crippen LogP contribution < -0.4 is 5.32 Å². The van der Waals surface area contributed by atoms with E-state index in [2.05, 4.69) is 41.2 Å². The molecule has 112 valence electrons. The first kappa shape index (κ1) is 15.5. The minimum atomic E-state index is 0.755. The molecular weight excluding hydrogens is 246 g/mol. The van der Waals surface area contributed by atoms with Crippen LogP contribution in [0.2, 0.25) is 0 Å². The lowest BCUT2D eigenvalue weighted by molar-refractivity contribution is 0.143. The fourth-order valence-corrected chi connectivity index (χ4v) is 3.22. The molecule has 1 N–H and O–H groups in total. The summed E-state index contributed by atoms with van der Waals surface area (Å²) >= 11 is 0. The van der Waals surface area contributed by atoms with E-state index in [1.807, 2.05) is 12.4 Å². The molecule has 0 aliphatic heterocycles. The zero-order valence-corrected chi connectivity index (χ0v) is 13.0. The van der Waals surface area contributed by atoms with E-state index in [0.29, 0.717) is 0 Å². The summed E-state index contributed by atoms with van der Waals surface area (Å²) in [5, 5.41) is 3.67. The van der Waals surface area contributed by atoms with Crippen molar-refractivity contribution in [1.29, 1.82) is 0 Å². The molecule has 1 aliphatic rings. The molecule has 2 rings (SSSR count). The maximum absolute atomic E-state index is 4.10. The zero-order valence-electron chi connectivity index (χ0n) is 13.0. The Hall–Kier alpha value is -0.930. The second-order valence-electron chi connectivity index (χ2n) is 5.88. The van der Waals surface area contributed by atoms with Gasteiger partial charge in [0, 0.05) is 31.0 Å². The van der Waals surface area contributed by atoms with Gasteiger partial charge in [0.15, 0.2) is 0 Å². The maximum Gasteiger partial charge on any atom is 0.0271 e. The summed E-state index contributed by atoms with van der Waals surface area (Å²) in [6.45, 7) is 7.90. The van der Waals surface area contributed by atoms with Crippen LogP contribution in [-0.2, 0) is 6.54 Å². The summed E-state index contributed by atoms with van der Waals surface area (Å²) in [6.07, 6.45) is 10.4. The summed E-state index contributed by atoms with van der Waals surface area (Å²) < 4.78 is 0. The number of pyridine rings is 1. The van der Waals surface area contributed by atoms with E-state index in [0.717, 1.165) is 25.2 Å². The van der Waals surface area contributed by atoms with Gasteiger partial charge in [-0.05, 0) is 62.9 Å². The Morgan fingerprint density at radius 3 is 2.45 bits per heavy atom. The lowest BCUT2D eigenvalue weighted by Crippen LogP contribution is -2.42. The van der Waals surface area contributed by atoms with Crippen LogP contribution in [0.5, 0.6) is 0 Å². The quantitative estimate of drug-likeness (QED) is 0.828. The molecule has 0 atom stereocenters. The van der Waals surface area contributed by atoms with Gasteiger partial charge in [0.05, 0.1) is 0 Å². The van der Waals surface area contributed by atoms with Gasteiger partial charge in [-0.25, -0.2) is 0 Å². The van der Waals surface area contributed by atoms with Crippen LogP contribution in [-0.4, -0.2) is 35.1 Å². The van der Waals surface area contributed by atoms with Crippen molar-refractivity contribution < 1.29 is 0 Å². The number of hydrogen-bond acceptors (Lipinski definition) is 3. The fourth-order valence-electron chi connectivity index (χ4n) is 3.22. The number of nitrogens with one attached hydrogen (secondary N) is 1. The monoisotopic (exact) mass is 275 g/mol. The normalized spacial score (nSPS) is 23.1. The predicted octanol–water partition coefficient (Wildman–Crippen LogP) is 3.21. The van der Waals surface area contributed by atoms with Gasteiger partial charge in [0.1, 0.15) is 0 Å². The minimum absolute atomic E-state index is 0.755. The lowest BCUT2D eigenvalue weighted by atomic mass is 9.90. The number of nitrogens with zero attached hydrogens (tertiary/aromatic N) is 2. The van der Waals surface area contributed by atoms with Crippen LogP contribution >= 0.6 is 0 Å². The van der Waals surface area contributed by atoms with E-state index in [1.165, 1.54) is 44.2 Å². The van der Waals surface area contributed by atoms with Crippen LogP contribution in [0.15, 0.2) is 24.5 Å². The predicted molar refractivity (Wildman–Crippen MR) is 84.7 cm³/mol. The molecule has 20 heavy (non-hydrogen) atoms. The summed E-state index contributed by atoms with van der Waals surface area (Å²) in [6, 6.07) is 5.78. The van der Waals surface area contributed by atoms with Gasteiger partial charge in [0.2, 0.25) is 0 Å². The third-order valence-electron chi connectivity index (χ3n) is 4.44. The third-order valence-corrected chi connectivity index (χ3v) is 4.44. The second-order valence-corrected chi connectivity index (χ2v) is 5.88. The van der Waals surface area contributed by atoms with E-state index in [1.54, 1.807) is 0 Å². The topological polar surface area (TPSA) is 28.2 Å². The van der Waals surface area contributed by atoms with Crippen LogP contribution in [0.1, 0.15) is 51.5 Å². The van der Waals surface area contributed by atoms with Crippen molar-refractivity contribution in [3.05, 3.63) is 30.1 Å². The Balaban J connectivity index is 1.81. The Labute approximate surface area is 123 Å². The molecule has 0 spiro atoms. The molecule has 0 unspecified atom stereocenters. The Bertz CT molecular complexity index is 358. The maximum atomic E-state index is 4.10. The van der Waals surface area contributed by atoms with E-state index in [-0.39, 0.29) is 0 Å². The van der Waals surface area contributed by atoms with Gasteiger partial charge in [-0.15, -0.1) is 0 Å². The van der Waals surface area contributed by atoms with Crippen molar-refractivity contribution in [3.8, 4) is 0 Å². The van der Waals surface area contributed by atoms with Crippen molar-refractivity contribution in [3.63, 3.8) is 0 Å². The highest BCUT2D eigenvalue weighted by Gasteiger charge is 2.24. The molecule has 0 bridgehead atoms. The fraction of sp³-hybridized carbons (Fsp3) is 0.706. The van der Waals surface area contributed by atoms with Crippen molar-refractivity contribution in [2.45, 2.75) is 64.6 Å². The van der Waals surface area contributed by atoms with Gasteiger partial charge >= 0.3 is 0 Å². The summed E-state index contributed by atoms with van der Waals surface area (Å²) in [7, 11) is 0. The number of hydrogen-bond donors (Lipinski definition) is 1. The molecule has 0 radical (unpaired) electrons. The van der Waals surface area contributed by atoms with E-state index in [9.17, 15) is 0 Å². The highest BCUT2D eigenvalue weighted by Crippen LogP contribution is 2.24. The van der Waals surface area contributed by atoms with Crippen molar-refractivity contribution in [2.24, 2.45) is 0 Å². The molecule has 3 nitrogen and oxygen atoms in total. The first-order valence-corrected chi connectivity index (χ1v) is 8.19. The van der Waals surface area contributed by atoms with Gasteiger partial charge < -0.3 is 5.32 Å². The van der Waals surface area contributed by atoms with Crippen LogP contribution in [0.4, 0.5) is 0 Å². The average Bonchev–Trinajstić information content (AvgIpc) is 2.52. The second kappa shape index (κ2) is 8.38. The third kappa shape index (κ3) is 4.57. The molecule has 1 fully saturated rings. The average molecular weight is 275 g/mol. The smallest absolute Gasteiger partial charge is 0.0271 e. The highest BCUT2D eigenvalue weighted by molar-refractivity contribution is 5.09. The lowest BCUT2D eigenvalue weighted by Gasteiger charge is -2.36. The van der Waals surface area contributed by atoms with Gasteiger partial charge in [-0.3, -0.25) is 9.88 Å². The molecule has 0 amide bonds. The van der Waals surface area contributed by atoms with Gasteiger partial charge in [-0.2, -0.15) is 0 Å². The molecule has 1 aromatic rings. The summed E-state index contributed by atoms with van der Waals surface area (Å²) in [5.41, 5.74) is 1.38. The summed E-state index contributed by atoms with van der Waals surface area (Å²) in [5.74, 6) is 0. The van der Waals surface area contributed by atoms with Crippen LogP contribution in [0, 0.1) is 0 Å². The number of rotatable bonds is 7. The SMILES string of the molecule is CCCNC1CCC(N(CC)Cc2ccncc2)CC1. The first-order valence-electron chi connectivity index (χ1n) is 8.19. The minimum Gasteiger partial charge on any atom is -0.314 e. The standard InChI is InChI=1S/C17H29N3/c1-3-11-19-16-5-7-17(8-6-16)20(4-2)14-15-9-12-18-13-10-15/h9-10,12-13,16-17,19H,3-8,11,14H2,1-2H3.